The van der Waals surface area contributed by atoms with Gasteiger partial charge in [0, 0.05) is 6.54 Å². The number of rotatable bonds is 6. The molecule has 0 aromatic carbocycles. The maximum absolute atomic E-state index is 8.84. The summed E-state index contributed by atoms with van der Waals surface area (Å²) in [7, 11) is 2.15. The third kappa shape index (κ3) is 6.91. The fraction of sp³-hybridized carbons (Fsp3) is 0.917. The summed E-state index contributed by atoms with van der Waals surface area (Å²) in [6.07, 6.45) is 2.11. The zero-order valence-electron chi connectivity index (χ0n) is 10.3. The van der Waals surface area contributed by atoms with Crippen molar-refractivity contribution in [2.24, 2.45) is 11.3 Å². The Kier molecular flexibility index (Phi) is 5.79. The van der Waals surface area contributed by atoms with Crippen LogP contribution in [0, 0.1) is 22.7 Å². The zero-order chi connectivity index (χ0) is 11.2. The van der Waals surface area contributed by atoms with E-state index in [9.17, 15) is 0 Å². The topological polar surface area (TPSA) is 27.0 Å². The molecule has 0 atom stereocenters. The molecule has 0 saturated carbocycles. The highest BCUT2D eigenvalue weighted by molar-refractivity contribution is 4.91. The lowest BCUT2D eigenvalue weighted by Gasteiger charge is -2.21. The predicted octanol–water partition coefficient (Wildman–Crippen LogP) is 2.90. The Morgan fingerprint density at radius 2 is 1.93 bits per heavy atom. The molecule has 0 aromatic heterocycles. The van der Waals surface area contributed by atoms with Gasteiger partial charge in [-0.1, -0.05) is 13.8 Å². The Morgan fingerprint density at radius 1 is 1.36 bits per heavy atom. The SMILES string of the molecule is CC(C)CN(C)CCCC(C)(C)C#N. The van der Waals surface area contributed by atoms with Crippen molar-refractivity contribution in [3.8, 4) is 6.07 Å². The zero-order valence-corrected chi connectivity index (χ0v) is 10.3. The van der Waals surface area contributed by atoms with Crippen LogP contribution in [-0.4, -0.2) is 25.0 Å². The van der Waals surface area contributed by atoms with E-state index in [1.807, 2.05) is 13.8 Å². The van der Waals surface area contributed by atoms with Crippen molar-refractivity contribution in [3.63, 3.8) is 0 Å². The summed E-state index contributed by atoms with van der Waals surface area (Å²) in [4.78, 5) is 2.35. The molecule has 0 aromatic rings. The summed E-state index contributed by atoms with van der Waals surface area (Å²) < 4.78 is 0. The van der Waals surface area contributed by atoms with Crippen molar-refractivity contribution < 1.29 is 0 Å². The molecule has 0 N–H and O–H groups in total. The molecule has 2 heteroatoms. The molecule has 0 unspecified atom stereocenters. The second-order valence-corrected chi connectivity index (χ2v) is 5.26. The first-order valence-electron chi connectivity index (χ1n) is 5.47. The first kappa shape index (κ1) is 13.4. The van der Waals surface area contributed by atoms with E-state index >= 15 is 0 Å². The van der Waals surface area contributed by atoms with Gasteiger partial charge in [0.25, 0.3) is 0 Å². The van der Waals surface area contributed by atoms with Gasteiger partial charge in [-0.15, -0.1) is 0 Å². The second kappa shape index (κ2) is 6.03. The third-order valence-corrected chi connectivity index (χ3v) is 2.32. The largest absolute Gasteiger partial charge is 0.306 e. The minimum atomic E-state index is -0.154. The van der Waals surface area contributed by atoms with E-state index < -0.39 is 0 Å². The molecule has 0 aliphatic heterocycles. The van der Waals surface area contributed by atoms with E-state index in [0.717, 1.165) is 31.8 Å². The van der Waals surface area contributed by atoms with Crippen molar-refractivity contribution >= 4 is 0 Å². The molecular weight excluding hydrogens is 172 g/mol. The Morgan fingerprint density at radius 3 is 2.36 bits per heavy atom. The van der Waals surface area contributed by atoms with Gasteiger partial charge >= 0.3 is 0 Å². The van der Waals surface area contributed by atoms with Crippen LogP contribution >= 0.6 is 0 Å². The molecule has 0 radical (unpaired) electrons. The number of nitrogens with zero attached hydrogens (tertiary/aromatic N) is 2. The standard InChI is InChI=1S/C12H24N2/c1-11(2)9-14(5)8-6-7-12(3,4)10-13/h11H,6-9H2,1-5H3. The molecule has 0 aliphatic rings. The number of hydrogen-bond acceptors (Lipinski definition) is 2. The van der Waals surface area contributed by atoms with E-state index in [1.54, 1.807) is 0 Å². The monoisotopic (exact) mass is 196 g/mol. The Balaban J connectivity index is 3.60. The van der Waals surface area contributed by atoms with Crippen LogP contribution < -0.4 is 0 Å². The molecule has 0 bridgehead atoms. The first-order valence-corrected chi connectivity index (χ1v) is 5.47. The van der Waals surface area contributed by atoms with Gasteiger partial charge < -0.3 is 4.90 Å². The Bertz CT molecular complexity index is 189. The van der Waals surface area contributed by atoms with E-state index in [0.29, 0.717) is 0 Å². The van der Waals surface area contributed by atoms with Crippen molar-refractivity contribution in [2.75, 3.05) is 20.1 Å². The highest BCUT2D eigenvalue weighted by Crippen LogP contribution is 2.20. The second-order valence-electron chi connectivity index (χ2n) is 5.26. The third-order valence-electron chi connectivity index (χ3n) is 2.32. The van der Waals surface area contributed by atoms with E-state index in [-0.39, 0.29) is 5.41 Å². The van der Waals surface area contributed by atoms with Gasteiger partial charge in [0.05, 0.1) is 11.5 Å². The quantitative estimate of drug-likeness (QED) is 0.653. The molecule has 0 aliphatic carbocycles. The van der Waals surface area contributed by atoms with Crippen molar-refractivity contribution in [2.45, 2.75) is 40.5 Å². The van der Waals surface area contributed by atoms with Crippen LogP contribution in [0.5, 0.6) is 0 Å². The first-order chi connectivity index (χ1) is 6.37. The van der Waals surface area contributed by atoms with E-state index in [4.69, 9.17) is 5.26 Å². The fourth-order valence-corrected chi connectivity index (χ4v) is 1.56. The maximum Gasteiger partial charge on any atom is 0.0683 e. The van der Waals surface area contributed by atoms with Gasteiger partial charge in [0.1, 0.15) is 0 Å². The van der Waals surface area contributed by atoms with Gasteiger partial charge in [-0.2, -0.15) is 5.26 Å². The molecule has 0 rings (SSSR count). The minimum Gasteiger partial charge on any atom is -0.306 e. The minimum absolute atomic E-state index is 0.154. The summed E-state index contributed by atoms with van der Waals surface area (Å²) in [5, 5.41) is 8.84. The smallest absolute Gasteiger partial charge is 0.0683 e. The lowest BCUT2D eigenvalue weighted by molar-refractivity contribution is 0.275. The van der Waals surface area contributed by atoms with E-state index in [1.165, 1.54) is 0 Å². The lowest BCUT2D eigenvalue weighted by atomic mass is 9.90. The van der Waals surface area contributed by atoms with E-state index in [2.05, 4.69) is 31.9 Å². The molecule has 0 heterocycles. The highest BCUT2D eigenvalue weighted by atomic mass is 15.1. The van der Waals surface area contributed by atoms with Gasteiger partial charge in [0.15, 0.2) is 0 Å². The van der Waals surface area contributed by atoms with Crippen molar-refractivity contribution in [1.82, 2.24) is 4.90 Å². The maximum atomic E-state index is 8.84. The van der Waals surface area contributed by atoms with Crippen molar-refractivity contribution in [1.29, 1.82) is 5.26 Å². The summed E-state index contributed by atoms with van der Waals surface area (Å²) in [5.74, 6) is 0.726. The summed E-state index contributed by atoms with van der Waals surface area (Å²) in [6, 6.07) is 2.34. The highest BCUT2D eigenvalue weighted by Gasteiger charge is 2.15. The van der Waals surface area contributed by atoms with Crippen LogP contribution in [0.15, 0.2) is 0 Å². The Hall–Kier alpha value is -0.550. The summed E-state index contributed by atoms with van der Waals surface area (Å²) in [5.41, 5.74) is -0.154. The number of nitriles is 1. The Labute approximate surface area is 88.9 Å². The van der Waals surface area contributed by atoms with Crippen LogP contribution in [0.25, 0.3) is 0 Å². The average Bonchev–Trinajstić information content (AvgIpc) is 2.02. The molecule has 14 heavy (non-hydrogen) atoms. The van der Waals surface area contributed by atoms with Crippen LogP contribution in [0.2, 0.25) is 0 Å². The van der Waals surface area contributed by atoms with Crippen LogP contribution in [-0.2, 0) is 0 Å². The van der Waals surface area contributed by atoms with Gasteiger partial charge in [-0.05, 0) is 46.2 Å². The lowest BCUT2D eigenvalue weighted by Crippen LogP contribution is -2.25. The van der Waals surface area contributed by atoms with Gasteiger partial charge in [0.2, 0.25) is 0 Å². The molecular formula is C12H24N2. The van der Waals surface area contributed by atoms with Crippen molar-refractivity contribution in [3.05, 3.63) is 0 Å². The number of hydrogen-bond donors (Lipinski definition) is 0. The normalized spacial score (nSPS) is 12.1. The van der Waals surface area contributed by atoms with Gasteiger partial charge in [-0.25, -0.2) is 0 Å². The molecule has 0 fully saturated rings. The van der Waals surface area contributed by atoms with Crippen LogP contribution in [0.4, 0.5) is 0 Å². The van der Waals surface area contributed by atoms with Crippen LogP contribution in [0.1, 0.15) is 40.5 Å². The molecule has 2 nitrogen and oxygen atoms in total. The summed E-state index contributed by atoms with van der Waals surface area (Å²) >= 11 is 0. The average molecular weight is 196 g/mol. The molecule has 0 amide bonds. The van der Waals surface area contributed by atoms with Gasteiger partial charge in [-0.3, -0.25) is 0 Å². The fourth-order valence-electron chi connectivity index (χ4n) is 1.56. The summed E-state index contributed by atoms with van der Waals surface area (Å²) in [6.45, 7) is 10.7. The molecule has 82 valence electrons. The van der Waals surface area contributed by atoms with Crippen LogP contribution in [0.3, 0.4) is 0 Å². The predicted molar refractivity (Wildman–Crippen MR) is 61.0 cm³/mol. The molecule has 0 saturated heterocycles. The molecule has 0 spiro atoms.